The van der Waals surface area contributed by atoms with E-state index in [1.54, 1.807) is 42.3 Å². The number of nitrogens with zero attached hydrogens (tertiary/aromatic N) is 2. The third-order valence-corrected chi connectivity index (χ3v) is 2.94. The van der Waals surface area contributed by atoms with Crippen molar-refractivity contribution in [3.63, 3.8) is 0 Å². The highest BCUT2D eigenvalue weighted by atomic mass is 35.5. The van der Waals surface area contributed by atoms with Crippen LogP contribution in [0.2, 0.25) is 10.0 Å². The molecule has 0 fully saturated rings. The molecule has 0 bridgehead atoms. The van der Waals surface area contributed by atoms with Gasteiger partial charge in [-0.3, -0.25) is 9.48 Å². The van der Waals surface area contributed by atoms with Crippen molar-refractivity contribution >= 4 is 34.8 Å². The number of amides is 1. The number of carbonyl (C=O) groups excluding carboxylic acids is 1. The zero-order chi connectivity index (χ0) is 13.1. The molecule has 6 heteroatoms. The first kappa shape index (κ1) is 12.9. The van der Waals surface area contributed by atoms with Gasteiger partial charge in [0.25, 0.3) is 0 Å². The van der Waals surface area contributed by atoms with Crippen LogP contribution in [0.15, 0.2) is 30.6 Å². The topological polar surface area (TPSA) is 46.9 Å². The molecule has 0 saturated carbocycles. The van der Waals surface area contributed by atoms with Gasteiger partial charge in [0.05, 0.1) is 18.3 Å². The van der Waals surface area contributed by atoms with E-state index in [0.717, 1.165) is 5.56 Å². The maximum absolute atomic E-state index is 11.8. The summed E-state index contributed by atoms with van der Waals surface area (Å²) in [5.74, 6) is -0.146. The van der Waals surface area contributed by atoms with E-state index in [1.165, 1.54) is 0 Å². The number of anilines is 1. The monoisotopic (exact) mass is 283 g/mol. The van der Waals surface area contributed by atoms with Crippen molar-refractivity contribution in [1.29, 1.82) is 0 Å². The van der Waals surface area contributed by atoms with Gasteiger partial charge in [-0.2, -0.15) is 5.10 Å². The van der Waals surface area contributed by atoms with E-state index in [2.05, 4.69) is 10.4 Å². The van der Waals surface area contributed by atoms with Crippen LogP contribution >= 0.6 is 23.2 Å². The van der Waals surface area contributed by atoms with Crippen molar-refractivity contribution in [2.45, 2.75) is 6.42 Å². The van der Waals surface area contributed by atoms with Crippen LogP contribution in [-0.4, -0.2) is 15.7 Å². The number of aromatic nitrogens is 2. The first-order valence-corrected chi connectivity index (χ1v) is 6.02. The summed E-state index contributed by atoms with van der Waals surface area (Å²) in [6.07, 6.45) is 3.51. The lowest BCUT2D eigenvalue weighted by molar-refractivity contribution is -0.115. The summed E-state index contributed by atoms with van der Waals surface area (Å²) in [5, 5.41) is 7.75. The molecule has 0 aliphatic heterocycles. The average molecular weight is 284 g/mol. The number of halogens is 2. The fraction of sp³-hybridized carbons (Fsp3) is 0.167. The Hall–Kier alpha value is -1.52. The Morgan fingerprint density at radius 2 is 2.22 bits per heavy atom. The van der Waals surface area contributed by atoms with Crippen LogP contribution in [0.1, 0.15) is 5.56 Å². The molecular weight excluding hydrogens is 273 g/mol. The van der Waals surface area contributed by atoms with Gasteiger partial charge in [0, 0.05) is 23.3 Å². The molecule has 1 N–H and O–H groups in total. The number of nitrogens with one attached hydrogen (secondary N) is 1. The predicted molar refractivity (Wildman–Crippen MR) is 72.0 cm³/mol. The van der Waals surface area contributed by atoms with Gasteiger partial charge in [0.1, 0.15) is 0 Å². The third kappa shape index (κ3) is 3.24. The lowest BCUT2D eigenvalue weighted by Gasteiger charge is -2.05. The third-order valence-electron chi connectivity index (χ3n) is 2.35. The fourth-order valence-corrected chi connectivity index (χ4v) is 2.00. The van der Waals surface area contributed by atoms with E-state index < -0.39 is 0 Å². The van der Waals surface area contributed by atoms with Crippen molar-refractivity contribution in [3.05, 3.63) is 46.2 Å². The van der Waals surface area contributed by atoms with Crippen LogP contribution in [0.25, 0.3) is 0 Å². The van der Waals surface area contributed by atoms with Crippen LogP contribution < -0.4 is 5.32 Å². The second-order valence-corrected chi connectivity index (χ2v) is 4.71. The van der Waals surface area contributed by atoms with E-state index in [4.69, 9.17) is 23.2 Å². The lowest BCUT2D eigenvalue weighted by atomic mass is 10.1. The van der Waals surface area contributed by atoms with Crippen molar-refractivity contribution < 1.29 is 4.79 Å². The predicted octanol–water partition coefficient (Wildman–Crippen LogP) is 2.91. The molecule has 0 unspecified atom stereocenters. The van der Waals surface area contributed by atoms with E-state index in [9.17, 15) is 4.79 Å². The Bertz CT molecular complexity index is 580. The summed E-state index contributed by atoms with van der Waals surface area (Å²) in [5.41, 5.74) is 1.40. The number of carbonyl (C=O) groups is 1. The van der Waals surface area contributed by atoms with Gasteiger partial charge < -0.3 is 5.32 Å². The van der Waals surface area contributed by atoms with Gasteiger partial charge in [-0.1, -0.05) is 29.3 Å². The molecule has 94 valence electrons. The summed E-state index contributed by atoms with van der Waals surface area (Å²) < 4.78 is 1.62. The zero-order valence-corrected chi connectivity index (χ0v) is 11.2. The number of hydrogen-bond donors (Lipinski definition) is 1. The van der Waals surface area contributed by atoms with Crippen molar-refractivity contribution in [1.82, 2.24) is 9.78 Å². The van der Waals surface area contributed by atoms with Crippen LogP contribution in [0.5, 0.6) is 0 Å². The number of aryl methyl sites for hydroxylation is 1. The molecule has 0 aliphatic rings. The molecule has 1 heterocycles. The Kier molecular flexibility index (Phi) is 3.89. The first-order valence-electron chi connectivity index (χ1n) is 5.27. The summed E-state index contributed by atoms with van der Waals surface area (Å²) >= 11 is 11.8. The fourth-order valence-electron chi connectivity index (χ4n) is 1.53. The smallest absolute Gasteiger partial charge is 0.228 e. The molecule has 4 nitrogen and oxygen atoms in total. The van der Waals surface area contributed by atoms with Crippen LogP contribution in [0.3, 0.4) is 0 Å². The van der Waals surface area contributed by atoms with Crippen LogP contribution in [-0.2, 0) is 18.3 Å². The van der Waals surface area contributed by atoms with E-state index in [1.807, 2.05) is 0 Å². The minimum atomic E-state index is -0.146. The molecule has 2 aromatic rings. The van der Waals surface area contributed by atoms with Gasteiger partial charge in [-0.25, -0.2) is 0 Å². The number of rotatable bonds is 3. The molecule has 0 aliphatic carbocycles. The molecule has 2 rings (SSSR count). The zero-order valence-electron chi connectivity index (χ0n) is 9.65. The minimum Gasteiger partial charge on any atom is -0.323 e. The van der Waals surface area contributed by atoms with Crippen molar-refractivity contribution in [2.24, 2.45) is 7.05 Å². The SMILES string of the molecule is Cn1cc(NC(=O)Cc2ccc(Cl)cc2Cl)cn1. The minimum absolute atomic E-state index is 0.146. The molecule has 18 heavy (non-hydrogen) atoms. The molecular formula is C12H11Cl2N3O. The highest BCUT2D eigenvalue weighted by Gasteiger charge is 2.08. The van der Waals surface area contributed by atoms with Gasteiger partial charge >= 0.3 is 0 Å². The highest BCUT2D eigenvalue weighted by molar-refractivity contribution is 6.35. The normalized spacial score (nSPS) is 10.4. The Balaban J connectivity index is 2.03. The molecule has 1 aromatic carbocycles. The second kappa shape index (κ2) is 5.42. The molecule has 0 radical (unpaired) electrons. The van der Waals surface area contributed by atoms with Gasteiger partial charge in [-0.15, -0.1) is 0 Å². The first-order chi connectivity index (χ1) is 8.54. The molecule has 1 aromatic heterocycles. The van der Waals surface area contributed by atoms with Gasteiger partial charge in [-0.05, 0) is 17.7 Å². The number of hydrogen-bond acceptors (Lipinski definition) is 2. The number of benzene rings is 1. The highest BCUT2D eigenvalue weighted by Crippen LogP contribution is 2.21. The maximum Gasteiger partial charge on any atom is 0.228 e. The Labute approximate surface area is 115 Å². The summed E-state index contributed by atoms with van der Waals surface area (Å²) in [4.78, 5) is 11.8. The summed E-state index contributed by atoms with van der Waals surface area (Å²) in [7, 11) is 1.78. The van der Waals surface area contributed by atoms with Crippen LogP contribution in [0, 0.1) is 0 Å². The average Bonchev–Trinajstić information content (AvgIpc) is 2.68. The van der Waals surface area contributed by atoms with Gasteiger partial charge in [0.15, 0.2) is 0 Å². The van der Waals surface area contributed by atoms with Crippen molar-refractivity contribution in [2.75, 3.05) is 5.32 Å². The van der Waals surface area contributed by atoms with Crippen LogP contribution in [0.4, 0.5) is 5.69 Å². The standard InChI is InChI=1S/C12H11Cl2N3O/c1-17-7-10(6-15-17)16-12(18)4-8-2-3-9(13)5-11(8)14/h2-3,5-7H,4H2,1H3,(H,16,18). The van der Waals surface area contributed by atoms with Gasteiger partial charge in [0.2, 0.25) is 5.91 Å². The second-order valence-electron chi connectivity index (χ2n) is 3.86. The van der Waals surface area contributed by atoms with E-state index in [0.29, 0.717) is 15.7 Å². The molecule has 0 saturated heterocycles. The Morgan fingerprint density at radius 1 is 1.44 bits per heavy atom. The van der Waals surface area contributed by atoms with E-state index >= 15 is 0 Å². The lowest BCUT2D eigenvalue weighted by Crippen LogP contribution is -2.14. The largest absolute Gasteiger partial charge is 0.323 e. The molecule has 1 amide bonds. The maximum atomic E-state index is 11.8. The Morgan fingerprint density at radius 3 is 2.83 bits per heavy atom. The van der Waals surface area contributed by atoms with E-state index in [-0.39, 0.29) is 12.3 Å². The van der Waals surface area contributed by atoms with Crippen molar-refractivity contribution in [3.8, 4) is 0 Å². The summed E-state index contributed by atoms with van der Waals surface area (Å²) in [6, 6.07) is 5.07. The quantitative estimate of drug-likeness (QED) is 0.942. The molecule has 0 atom stereocenters. The summed E-state index contributed by atoms with van der Waals surface area (Å²) in [6.45, 7) is 0. The molecule has 0 spiro atoms.